The molecule has 0 aromatic carbocycles. The predicted octanol–water partition coefficient (Wildman–Crippen LogP) is 0.145. The number of hydrogen-bond donors (Lipinski definition) is 2. The smallest absolute Gasteiger partial charge is 0.323 e. The van der Waals surface area contributed by atoms with Gasteiger partial charge in [-0.3, -0.25) is 14.6 Å². The van der Waals surface area contributed by atoms with Crippen LogP contribution in [-0.4, -0.2) is 66.0 Å². The van der Waals surface area contributed by atoms with Crippen molar-refractivity contribution in [3.8, 4) is 0 Å². The van der Waals surface area contributed by atoms with Gasteiger partial charge in [0.05, 0.1) is 0 Å². The van der Waals surface area contributed by atoms with E-state index >= 15 is 0 Å². The second-order valence-corrected chi connectivity index (χ2v) is 6.27. The van der Waals surface area contributed by atoms with E-state index in [4.69, 9.17) is 0 Å². The summed E-state index contributed by atoms with van der Waals surface area (Å²) in [6.45, 7) is 6.40. The van der Waals surface area contributed by atoms with E-state index in [0.717, 1.165) is 51.9 Å². The number of rotatable bonds is 3. The highest BCUT2D eigenvalue weighted by molar-refractivity contribution is 6.07. The van der Waals surface area contributed by atoms with Gasteiger partial charge in [0, 0.05) is 38.8 Å². The summed E-state index contributed by atoms with van der Waals surface area (Å²) in [5, 5.41) is 6.28. The third-order valence-electron chi connectivity index (χ3n) is 4.95. The molecular weight excluding hydrogens is 256 g/mol. The Balaban J connectivity index is 1.60. The van der Waals surface area contributed by atoms with Crippen molar-refractivity contribution in [2.75, 3.05) is 32.7 Å². The molecule has 0 aromatic heterocycles. The van der Waals surface area contributed by atoms with Gasteiger partial charge in [0.1, 0.15) is 5.54 Å². The molecule has 1 spiro atoms. The summed E-state index contributed by atoms with van der Waals surface area (Å²) in [7, 11) is 0. The van der Waals surface area contributed by atoms with Crippen LogP contribution in [0.2, 0.25) is 0 Å². The summed E-state index contributed by atoms with van der Waals surface area (Å²) in [6.07, 6.45) is 3.68. The molecule has 0 unspecified atom stereocenters. The van der Waals surface area contributed by atoms with Gasteiger partial charge in [-0.2, -0.15) is 0 Å². The van der Waals surface area contributed by atoms with Gasteiger partial charge in [0.15, 0.2) is 0 Å². The highest BCUT2D eigenvalue weighted by Gasteiger charge is 2.52. The second-order valence-electron chi connectivity index (χ2n) is 6.27. The van der Waals surface area contributed by atoms with Crippen molar-refractivity contribution in [3.63, 3.8) is 0 Å². The van der Waals surface area contributed by atoms with Gasteiger partial charge in [-0.25, -0.2) is 4.79 Å². The Kier molecular flexibility index (Phi) is 3.69. The van der Waals surface area contributed by atoms with E-state index in [1.807, 2.05) is 0 Å². The molecule has 0 radical (unpaired) electrons. The van der Waals surface area contributed by atoms with Crippen molar-refractivity contribution in [3.05, 3.63) is 0 Å². The molecule has 1 saturated carbocycles. The first-order valence-electron chi connectivity index (χ1n) is 7.71. The lowest BCUT2D eigenvalue weighted by molar-refractivity contribution is -0.131. The van der Waals surface area contributed by atoms with Crippen LogP contribution in [0.3, 0.4) is 0 Å². The molecule has 20 heavy (non-hydrogen) atoms. The molecule has 2 heterocycles. The highest BCUT2D eigenvalue weighted by atomic mass is 16.2. The molecule has 0 aromatic rings. The van der Waals surface area contributed by atoms with Crippen LogP contribution in [0, 0.1) is 0 Å². The zero-order valence-corrected chi connectivity index (χ0v) is 12.2. The van der Waals surface area contributed by atoms with Crippen molar-refractivity contribution in [1.82, 2.24) is 20.4 Å². The summed E-state index contributed by atoms with van der Waals surface area (Å²) >= 11 is 0. The maximum atomic E-state index is 12.5. The molecule has 6 nitrogen and oxygen atoms in total. The molecule has 2 aliphatic heterocycles. The number of nitrogens with zero attached hydrogens (tertiary/aromatic N) is 2. The lowest BCUT2D eigenvalue weighted by Crippen LogP contribution is -2.52. The van der Waals surface area contributed by atoms with Crippen molar-refractivity contribution in [2.45, 2.75) is 44.2 Å². The summed E-state index contributed by atoms with van der Waals surface area (Å²) in [5.74, 6) is 0.00258. The largest absolute Gasteiger partial charge is 0.325 e. The third kappa shape index (κ3) is 2.31. The second kappa shape index (κ2) is 5.33. The minimum Gasteiger partial charge on any atom is -0.323 e. The van der Waals surface area contributed by atoms with Crippen LogP contribution in [0.1, 0.15) is 32.6 Å². The first-order valence-corrected chi connectivity index (χ1v) is 7.71. The van der Waals surface area contributed by atoms with Gasteiger partial charge in [-0.1, -0.05) is 12.8 Å². The Labute approximate surface area is 119 Å². The van der Waals surface area contributed by atoms with E-state index in [1.165, 1.54) is 4.90 Å². The number of carbonyl (C=O) groups excluding carboxylic acids is 2. The van der Waals surface area contributed by atoms with E-state index in [2.05, 4.69) is 22.5 Å². The Bertz CT molecular complexity index is 406. The van der Waals surface area contributed by atoms with Crippen LogP contribution < -0.4 is 10.6 Å². The summed E-state index contributed by atoms with van der Waals surface area (Å²) in [4.78, 5) is 28.3. The summed E-state index contributed by atoms with van der Waals surface area (Å²) in [6, 6.07) is 0.268. The third-order valence-corrected chi connectivity index (χ3v) is 4.95. The number of hydrogen-bond acceptors (Lipinski definition) is 4. The Morgan fingerprint density at radius 2 is 2.00 bits per heavy atom. The zero-order valence-electron chi connectivity index (χ0n) is 12.2. The Hall–Kier alpha value is -1.14. The van der Waals surface area contributed by atoms with Crippen LogP contribution in [0.4, 0.5) is 4.79 Å². The van der Waals surface area contributed by atoms with E-state index in [0.29, 0.717) is 12.6 Å². The maximum absolute atomic E-state index is 12.5. The lowest BCUT2D eigenvalue weighted by Gasteiger charge is -2.34. The van der Waals surface area contributed by atoms with E-state index < -0.39 is 5.54 Å². The molecule has 6 heteroatoms. The monoisotopic (exact) mass is 280 g/mol. The normalized spacial score (nSPS) is 30.2. The maximum Gasteiger partial charge on any atom is 0.325 e. The van der Waals surface area contributed by atoms with E-state index in [1.54, 1.807) is 0 Å². The number of urea groups is 1. The van der Waals surface area contributed by atoms with Gasteiger partial charge in [-0.05, 0) is 19.8 Å². The summed E-state index contributed by atoms with van der Waals surface area (Å²) in [5.41, 5.74) is -0.563. The molecule has 3 fully saturated rings. The fraction of sp³-hybridized carbons (Fsp3) is 0.857. The first-order chi connectivity index (χ1) is 9.62. The van der Waals surface area contributed by atoms with Crippen molar-refractivity contribution < 1.29 is 9.59 Å². The average Bonchev–Trinajstić information content (AvgIpc) is 2.98. The van der Waals surface area contributed by atoms with Crippen LogP contribution in [0.15, 0.2) is 0 Å². The van der Waals surface area contributed by atoms with Gasteiger partial charge >= 0.3 is 6.03 Å². The Morgan fingerprint density at radius 3 is 2.70 bits per heavy atom. The predicted molar refractivity (Wildman–Crippen MR) is 75.3 cm³/mol. The fourth-order valence-corrected chi connectivity index (χ4v) is 3.64. The molecule has 3 aliphatic rings. The molecular formula is C14H24N4O2. The van der Waals surface area contributed by atoms with Crippen LogP contribution >= 0.6 is 0 Å². The molecule has 3 rings (SSSR count). The number of nitrogens with one attached hydrogen (secondary N) is 2. The topological polar surface area (TPSA) is 64.7 Å². The van der Waals surface area contributed by atoms with Gasteiger partial charge < -0.3 is 10.6 Å². The Morgan fingerprint density at radius 1 is 1.25 bits per heavy atom. The highest BCUT2D eigenvalue weighted by Crippen LogP contribution is 2.34. The molecule has 3 amide bonds. The fourth-order valence-electron chi connectivity index (χ4n) is 3.64. The van der Waals surface area contributed by atoms with Gasteiger partial charge in [0.25, 0.3) is 5.91 Å². The number of imide groups is 1. The van der Waals surface area contributed by atoms with Gasteiger partial charge in [-0.15, -0.1) is 0 Å². The molecule has 1 aliphatic carbocycles. The minimum absolute atomic E-state index is 0.00258. The van der Waals surface area contributed by atoms with Gasteiger partial charge in [0.2, 0.25) is 0 Å². The van der Waals surface area contributed by atoms with E-state index in [9.17, 15) is 9.59 Å². The summed E-state index contributed by atoms with van der Waals surface area (Å²) < 4.78 is 0. The molecule has 2 N–H and O–H groups in total. The quantitative estimate of drug-likeness (QED) is 0.722. The first kappa shape index (κ1) is 13.8. The molecule has 1 atom stereocenters. The van der Waals surface area contributed by atoms with Crippen LogP contribution in [0.25, 0.3) is 0 Å². The number of carbonyl (C=O) groups is 2. The number of amides is 3. The zero-order chi connectivity index (χ0) is 14.2. The van der Waals surface area contributed by atoms with Crippen molar-refractivity contribution in [1.29, 1.82) is 0 Å². The van der Waals surface area contributed by atoms with Crippen LogP contribution in [-0.2, 0) is 4.79 Å². The van der Waals surface area contributed by atoms with Crippen molar-refractivity contribution in [2.24, 2.45) is 0 Å². The van der Waals surface area contributed by atoms with E-state index in [-0.39, 0.29) is 11.9 Å². The standard InChI is InChI=1S/C14H24N4O2/c1-11-10-15-6-7-17(11)8-9-18-12(19)14(16-13(18)20)4-2-3-5-14/h11,15H,2-10H2,1H3,(H,16,20)/t11-/m1/s1. The molecule has 112 valence electrons. The lowest BCUT2D eigenvalue weighted by atomic mass is 9.98. The molecule has 0 bridgehead atoms. The average molecular weight is 280 g/mol. The SMILES string of the molecule is C[C@@H]1CNCCN1CCN1C(=O)NC2(CCCC2)C1=O. The minimum atomic E-state index is -0.563. The number of piperazine rings is 1. The van der Waals surface area contributed by atoms with Crippen LogP contribution in [0.5, 0.6) is 0 Å². The molecule has 2 saturated heterocycles. The van der Waals surface area contributed by atoms with Crippen molar-refractivity contribution >= 4 is 11.9 Å².